The molecule has 576 valence electrons. The van der Waals surface area contributed by atoms with Crippen LogP contribution in [0.15, 0.2) is 371 Å². The van der Waals surface area contributed by atoms with Gasteiger partial charge < -0.3 is 19.9 Å². The first-order valence-electron chi connectivity index (χ1n) is 38.7. The number of nitrogens with zero attached hydrogens (tertiary/aromatic N) is 4. The van der Waals surface area contributed by atoms with Gasteiger partial charge in [-0.25, -0.2) is 0 Å². The van der Waals surface area contributed by atoms with Crippen LogP contribution in [0.3, 0.4) is 0 Å². The standard InChI is InChI=1S/C55H34F2N2.C54H36F2N2.2Ir/c1-35-27-41(46-16-8-7-15-45(46)40-22-26-54(58-33-40)50-25-23-43(56)31-53(50)57)30-42(28-35)47-17-9-10-18-49(47)52-34-59-55(37-12-3-2-4-13-37)32-51(52)39-21-24-48-38(29-39)20-19-36-11-5-6-14-44(36)48;1-35-27-41(46-18-10-9-17-45(46)40-22-26-53(57-33-40)49-25-23-43(55)31-52(49)56)30-42(28-35)47-19-11-12-20-48(47)51-34-58-54(38-15-7-4-8-16-38)32-50(51)44-24-21-39(29-36(44)2)37-13-5-3-6-14-37;;/h2-12,14-24,26-34H,1H3;3-15,17-24,26-34H,1-2H3;;/q2*-2;;. The Balaban J connectivity index is 0.000000175. The molecule has 2 radical (unpaired) electrons. The summed E-state index contributed by atoms with van der Waals surface area (Å²) in [6, 6.07) is 127. The van der Waals surface area contributed by atoms with Crippen molar-refractivity contribution in [1.29, 1.82) is 0 Å². The van der Waals surface area contributed by atoms with Crippen LogP contribution in [0.1, 0.15) is 16.7 Å². The third-order valence-corrected chi connectivity index (χ3v) is 21.5. The van der Waals surface area contributed by atoms with Gasteiger partial charge >= 0.3 is 0 Å². The normalized spacial score (nSPS) is 11.0. The molecule has 0 aliphatic carbocycles. The molecule has 0 saturated carbocycles. The van der Waals surface area contributed by atoms with E-state index < -0.39 is 23.3 Å². The topological polar surface area (TPSA) is 51.6 Å². The first-order chi connectivity index (χ1) is 57.4. The Bertz CT molecular complexity index is 6960. The number of aryl methyl sites for hydroxylation is 3. The first-order valence-corrected chi connectivity index (χ1v) is 38.7. The van der Waals surface area contributed by atoms with Crippen LogP contribution in [0.4, 0.5) is 17.6 Å². The van der Waals surface area contributed by atoms with Gasteiger partial charge in [-0.05, 0) is 211 Å². The summed E-state index contributed by atoms with van der Waals surface area (Å²) < 4.78 is 56.3. The summed E-state index contributed by atoms with van der Waals surface area (Å²) >= 11 is 0. The molecule has 4 aromatic heterocycles. The quantitative estimate of drug-likeness (QED) is 0.0583. The molecule has 4 nitrogen and oxygen atoms in total. The van der Waals surface area contributed by atoms with E-state index in [1.165, 1.54) is 38.2 Å². The Kier molecular flexibility index (Phi) is 23.4. The molecule has 0 amide bonds. The third kappa shape index (κ3) is 16.7. The SMILES string of the molecule is Cc1cc(-c2ccccc2-c2ccc(-c3[c-]cc(F)cc3F)nc2)cc(-c2ccccc2-c2cnc(-c3[c-]cccc3)cc2-c2ccc(-c3ccccc3)cc2C)c1.Cc1cc(-c2ccccc2-c2ccc(-c3[c-]cc(F)cc3F)nc2)cc(-c2ccccc2-c2cnc(-c3[c-]cccc3)cc2-c2ccc3c(ccc4ccccc43)c2)c1.[Ir].[Ir]. The number of benzene rings is 15. The fourth-order valence-electron chi connectivity index (χ4n) is 15.9. The second-order valence-electron chi connectivity index (χ2n) is 29.2. The first kappa shape index (κ1) is 79.3. The molecule has 0 saturated heterocycles. The van der Waals surface area contributed by atoms with Crippen molar-refractivity contribution in [3.05, 3.63) is 435 Å². The van der Waals surface area contributed by atoms with Gasteiger partial charge in [0, 0.05) is 99.4 Å². The number of hydrogen-bond acceptors (Lipinski definition) is 4. The van der Waals surface area contributed by atoms with E-state index in [0.717, 1.165) is 169 Å². The molecule has 0 atom stereocenters. The van der Waals surface area contributed by atoms with Crippen molar-refractivity contribution in [1.82, 2.24) is 19.9 Å². The number of halogens is 4. The number of fused-ring (bicyclic) bond motifs is 3. The van der Waals surface area contributed by atoms with Gasteiger partial charge in [0.1, 0.15) is 0 Å². The number of pyridine rings is 4. The summed E-state index contributed by atoms with van der Waals surface area (Å²) in [4.78, 5) is 19.2. The minimum Gasteiger partial charge on any atom is -0.304 e. The van der Waals surface area contributed by atoms with Crippen molar-refractivity contribution in [2.45, 2.75) is 20.8 Å². The van der Waals surface area contributed by atoms with Crippen LogP contribution < -0.4 is 0 Å². The minimum atomic E-state index is -0.697. The predicted octanol–water partition coefficient (Wildman–Crippen LogP) is 28.9. The van der Waals surface area contributed by atoms with Crippen molar-refractivity contribution in [3.63, 3.8) is 0 Å². The summed E-state index contributed by atoms with van der Waals surface area (Å²) in [5.41, 5.74) is 31.3. The van der Waals surface area contributed by atoms with Crippen LogP contribution in [0.2, 0.25) is 0 Å². The molecule has 0 unspecified atom stereocenters. The van der Waals surface area contributed by atoms with E-state index in [2.05, 4.69) is 273 Å². The molecule has 0 spiro atoms. The molecule has 0 N–H and O–H groups in total. The third-order valence-electron chi connectivity index (χ3n) is 21.5. The van der Waals surface area contributed by atoms with Gasteiger partial charge in [-0.3, -0.25) is 17.6 Å². The van der Waals surface area contributed by atoms with Gasteiger partial charge in [0.15, 0.2) is 0 Å². The molecule has 119 heavy (non-hydrogen) atoms. The van der Waals surface area contributed by atoms with Gasteiger partial charge in [0.25, 0.3) is 0 Å². The smallest absolute Gasteiger partial charge is 0.0408 e. The minimum absolute atomic E-state index is 0. The number of rotatable bonds is 15. The van der Waals surface area contributed by atoms with E-state index in [-0.39, 0.29) is 51.3 Å². The fourth-order valence-corrected chi connectivity index (χ4v) is 15.9. The summed E-state index contributed by atoms with van der Waals surface area (Å²) in [6.07, 6.45) is 7.48. The fraction of sp³-hybridized carbons (Fsp3) is 0.0275. The van der Waals surface area contributed by atoms with Gasteiger partial charge in [0.2, 0.25) is 0 Å². The molecule has 0 fully saturated rings. The summed E-state index contributed by atoms with van der Waals surface area (Å²) in [5.74, 6) is -2.74. The van der Waals surface area contributed by atoms with Crippen molar-refractivity contribution >= 4 is 21.5 Å². The van der Waals surface area contributed by atoms with Crippen molar-refractivity contribution in [2.24, 2.45) is 0 Å². The molecule has 15 aromatic carbocycles. The monoisotopic (exact) mass is 1900 g/mol. The zero-order chi connectivity index (χ0) is 79.5. The molecular weight excluding hydrogens is 1830 g/mol. The molecule has 0 aliphatic heterocycles. The van der Waals surface area contributed by atoms with E-state index in [4.69, 9.17) is 9.97 Å². The second-order valence-corrected chi connectivity index (χ2v) is 29.2. The van der Waals surface area contributed by atoms with Gasteiger partial charge in [-0.15, -0.1) is 96.1 Å². The Labute approximate surface area is 716 Å². The van der Waals surface area contributed by atoms with E-state index >= 15 is 0 Å². The zero-order valence-electron chi connectivity index (χ0n) is 64.7. The Hall–Kier alpha value is -13.6. The van der Waals surface area contributed by atoms with E-state index in [1.54, 1.807) is 24.5 Å². The Morgan fingerprint density at radius 3 is 1.11 bits per heavy atom. The van der Waals surface area contributed by atoms with Crippen LogP contribution >= 0.6 is 0 Å². The molecule has 10 heteroatoms. The predicted molar refractivity (Wildman–Crippen MR) is 470 cm³/mol. The molecular formula is C109H70F4Ir2N4-4. The van der Waals surface area contributed by atoms with Crippen molar-refractivity contribution in [3.8, 4) is 167 Å². The summed E-state index contributed by atoms with van der Waals surface area (Å²) in [7, 11) is 0. The maximum absolute atomic E-state index is 14.6. The van der Waals surface area contributed by atoms with Crippen LogP contribution in [0, 0.1) is 68.3 Å². The van der Waals surface area contributed by atoms with Gasteiger partial charge in [-0.2, -0.15) is 0 Å². The van der Waals surface area contributed by atoms with Gasteiger partial charge in [-0.1, -0.05) is 278 Å². The van der Waals surface area contributed by atoms with Crippen LogP contribution in [-0.2, 0) is 40.2 Å². The number of hydrogen-bond donors (Lipinski definition) is 0. The average Bonchev–Trinajstić information content (AvgIpc) is 0.761. The van der Waals surface area contributed by atoms with Crippen molar-refractivity contribution in [2.75, 3.05) is 0 Å². The maximum atomic E-state index is 14.6. The van der Waals surface area contributed by atoms with Crippen LogP contribution in [0.25, 0.3) is 189 Å². The summed E-state index contributed by atoms with van der Waals surface area (Å²) in [5, 5.41) is 4.86. The Morgan fingerprint density at radius 2 is 0.639 bits per heavy atom. The molecule has 4 heterocycles. The van der Waals surface area contributed by atoms with Gasteiger partial charge in [0.05, 0.1) is 0 Å². The Morgan fingerprint density at radius 1 is 0.235 bits per heavy atom. The molecule has 0 aliphatic rings. The number of aromatic nitrogens is 4. The van der Waals surface area contributed by atoms with E-state index in [1.807, 2.05) is 103 Å². The zero-order valence-corrected chi connectivity index (χ0v) is 69.5. The summed E-state index contributed by atoms with van der Waals surface area (Å²) in [6.45, 7) is 6.43. The molecule has 19 aromatic rings. The van der Waals surface area contributed by atoms with E-state index in [9.17, 15) is 17.6 Å². The second kappa shape index (κ2) is 35.1. The molecule has 0 bridgehead atoms. The van der Waals surface area contributed by atoms with Crippen molar-refractivity contribution < 1.29 is 57.8 Å². The van der Waals surface area contributed by atoms with E-state index in [0.29, 0.717) is 11.4 Å². The maximum Gasteiger partial charge on any atom is 0.0408 e. The van der Waals surface area contributed by atoms with Crippen LogP contribution in [0.5, 0.6) is 0 Å². The van der Waals surface area contributed by atoms with Crippen LogP contribution in [-0.4, -0.2) is 19.9 Å². The largest absolute Gasteiger partial charge is 0.304 e. The average molecular weight is 1900 g/mol. The molecule has 19 rings (SSSR count).